The van der Waals surface area contributed by atoms with Crippen LogP contribution in [0.25, 0.3) is 11.0 Å². The van der Waals surface area contributed by atoms with Crippen molar-refractivity contribution >= 4 is 16.9 Å². The molecule has 0 aliphatic carbocycles. The second-order valence-electron chi connectivity index (χ2n) is 2.43. The van der Waals surface area contributed by atoms with Crippen LogP contribution in [0.4, 0.5) is 5.82 Å². The van der Waals surface area contributed by atoms with Gasteiger partial charge in [0.1, 0.15) is 5.82 Å². The molecule has 4 nitrogen and oxygen atoms in total. The SMILES string of the molecule is Cc1c(N)ncc2[nH]cnc12. The summed E-state index contributed by atoms with van der Waals surface area (Å²) in [7, 11) is 0. The molecule has 2 aromatic heterocycles. The normalized spacial score (nSPS) is 10.6. The maximum Gasteiger partial charge on any atom is 0.128 e. The van der Waals surface area contributed by atoms with Crippen LogP contribution in [0.3, 0.4) is 0 Å². The van der Waals surface area contributed by atoms with Gasteiger partial charge in [0.25, 0.3) is 0 Å². The molecule has 0 aliphatic heterocycles. The van der Waals surface area contributed by atoms with E-state index in [9.17, 15) is 0 Å². The maximum atomic E-state index is 5.58. The van der Waals surface area contributed by atoms with Crippen LogP contribution in [0.15, 0.2) is 12.5 Å². The molecule has 0 amide bonds. The molecule has 0 saturated heterocycles. The number of fused-ring (bicyclic) bond motifs is 1. The van der Waals surface area contributed by atoms with Gasteiger partial charge in [0.15, 0.2) is 0 Å². The molecule has 0 aliphatic rings. The molecule has 0 saturated carbocycles. The van der Waals surface area contributed by atoms with Crippen molar-refractivity contribution < 1.29 is 0 Å². The molecule has 0 fully saturated rings. The Bertz CT molecular complexity index is 390. The highest BCUT2D eigenvalue weighted by Crippen LogP contribution is 2.16. The first-order chi connectivity index (χ1) is 5.29. The van der Waals surface area contributed by atoms with Crippen molar-refractivity contribution in [3.63, 3.8) is 0 Å². The van der Waals surface area contributed by atoms with E-state index in [0.29, 0.717) is 5.82 Å². The Labute approximate surface area is 63.5 Å². The minimum absolute atomic E-state index is 0.546. The second-order valence-corrected chi connectivity index (χ2v) is 2.43. The number of pyridine rings is 1. The lowest BCUT2D eigenvalue weighted by Crippen LogP contribution is -1.93. The average Bonchev–Trinajstić information content (AvgIpc) is 2.45. The molecule has 0 unspecified atom stereocenters. The highest BCUT2D eigenvalue weighted by Gasteiger charge is 2.02. The third-order valence-corrected chi connectivity index (χ3v) is 1.74. The van der Waals surface area contributed by atoms with Crippen molar-refractivity contribution in [2.24, 2.45) is 0 Å². The van der Waals surface area contributed by atoms with Crippen molar-refractivity contribution in [1.29, 1.82) is 0 Å². The van der Waals surface area contributed by atoms with E-state index < -0.39 is 0 Å². The summed E-state index contributed by atoms with van der Waals surface area (Å²) < 4.78 is 0. The molecule has 0 bridgehead atoms. The monoisotopic (exact) mass is 148 g/mol. The van der Waals surface area contributed by atoms with Gasteiger partial charge in [-0.25, -0.2) is 9.97 Å². The number of aromatic nitrogens is 3. The third kappa shape index (κ3) is 0.756. The molecule has 2 heterocycles. The Morgan fingerprint density at radius 2 is 2.27 bits per heavy atom. The zero-order valence-electron chi connectivity index (χ0n) is 6.13. The maximum absolute atomic E-state index is 5.58. The standard InChI is InChI=1S/C7H8N4/c1-4-6-5(10-3-11-6)2-9-7(4)8/h2-3H,1H3,(H2,8,9)(H,10,11). The average molecular weight is 148 g/mol. The van der Waals surface area contributed by atoms with Gasteiger partial charge in [-0.1, -0.05) is 0 Å². The first kappa shape index (κ1) is 6.15. The van der Waals surface area contributed by atoms with E-state index in [1.165, 1.54) is 0 Å². The van der Waals surface area contributed by atoms with E-state index in [4.69, 9.17) is 5.73 Å². The first-order valence-electron chi connectivity index (χ1n) is 3.33. The molecule has 0 atom stereocenters. The van der Waals surface area contributed by atoms with Crippen LogP contribution in [0.1, 0.15) is 5.56 Å². The Hall–Kier alpha value is -1.58. The summed E-state index contributed by atoms with van der Waals surface area (Å²) in [6.07, 6.45) is 3.32. The van der Waals surface area contributed by atoms with Crippen LogP contribution >= 0.6 is 0 Å². The van der Waals surface area contributed by atoms with Crippen LogP contribution in [0.5, 0.6) is 0 Å². The van der Waals surface area contributed by atoms with Gasteiger partial charge >= 0.3 is 0 Å². The number of nitrogens with zero attached hydrogens (tertiary/aromatic N) is 2. The fourth-order valence-electron chi connectivity index (χ4n) is 1.05. The van der Waals surface area contributed by atoms with Crippen molar-refractivity contribution in [1.82, 2.24) is 15.0 Å². The van der Waals surface area contributed by atoms with E-state index in [1.807, 2.05) is 6.92 Å². The number of H-pyrrole nitrogens is 1. The van der Waals surface area contributed by atoms with Gasteiger partial charge in [0.05, 0.1) is 23.6 Å². The van der Waals surface area contributed by atoms with Crippen molar-refractivity contribution in [3.8, 4) is 0 Å². The summed E-state index contributed by atoms with van der Waals surface area (Å²) in [5.74, 6) is 0.546. The van der Waals surface area contributed by atoms with E-state index >= 15 is 0 Å². The van der Waals surface area contributed by atoms with Crippen molar-refractivity contribution in [3.05, 3.63) is 18.1 Å². The number of aromatic amines is 1. The minimum atomic E-state index is 0.546. The predicted molar refractivity (Wildman–Crippen MR) is 43.0 cm³/mol. The van der Waals surface area contributed by atoms with Gasteiger partial charge in [-0.05, 0) is 6.92 Å². The lowest BCUT2D eigenvalue weighted by Gasteiger charge is -1.96. The molecule has 2 rings (SSSR count). The molecule has 0 aromatic carbocycles. The molecule has 0 spiro atoms. The smallest absolute Gasteiger partial charge is 0.128 e. The minimum Gasteiger partial charge on any atom is -0.383 e. The van der Waals surface area contributed by atoms with Gasteiger partial charge in [-0.2, -0.15) is 0 Å². The highest BCUT2D eigenvalue weighted by molar-refractivity contribution is 5.80. The van der Waals surface area contributed by atoms with E-state index in [0.717, 1.165) is 16.6 Å². The van der Waals surface area contributed by atoms with E-state index in [2.05, 4.69) is 15.0 Å². The predicted octanol–water partition coefficient (Wildman–Crippen LogP) is 0.849. The van der Waals surface area contributed by atoms with Gasteiger partial charge < -0.3 is 10.7 Å². The van der Waals surface area contributed by atoms with Gasteiger partial charge in [0.2, 0.25) is 0 Å². The fourth-order valence-corrected chi connectivity index (χ4v) is 1.05. The van der Waals surface area contributed by atoms with Crippen LogP contribution in [0.2, 0.25) is 0 Å². The van der Waals surface area contributed by atoms with E-state index in [1.54, 1.807) is 12.5 Å². The van der Waals surface area contributed by atoms with E-state index in [-0.39, 0.29) is 0 Å². The molecule has 2 aromatic rings. The number of nitrogens with two attached hydrogens (primary N) is 1. The summed E-state index contributed by atoms with van der Waals surface area (Å²) in [6.45, 7) is 1.91. The molecule has 3 N–H and O–H groups in total. The number of hydrogen-bond acceptors (Lipinski definition) is 3. The number of aryl methyl sites for hydroxylation is 1. The molecule has 0 radical (unpaired) electrons. The largest absolute Gasteiger partial charge is 0.383 e. The summed E-state index contributed by atoms with van der Waals surface area (Å²) in [6, 6.07) is 0. The lowest BCUT2D eigenvalue weighted by molar-refractivity contribution is 1.30. The third-order valence-electron chi connectivity index (χ3n) is 1.74. The topological polar surface area (TPSA) is 67.6 Å². The van der Waals surface area contributed by atoms with Crippen molar-refractivity contribution in [2.45, 2.75) is 6.92 Å². The molecular formula is C7H8N4. The quantitative estimate of drug-likeness (QED) is 0.582. The van der Waals surface area contributed by atoms with Gasteiger partial charge in [-0.15, -0.1) is 0 Å². The molecule has 56 valence electrons. The second kappa shape index (κ2) is 1.95. The Kier molecular flexibility index (Phi) is 1.09. The zero-order chi connectivity index (χ0) is 7.84. The number of nitrogen functional groups attached to an aromatic ring is 1. The fraction of sp³-hybridized carbons (Fsp3) is 0.143. The summed E-state index contributed by atoms with van der Waals surface area (Å²) in [5.41, 5.74) is 8.34. The van der Waals surface area contributed by atoms with Crippen LogP contribution in [-0.2, 0) is 0 Å². The molecule has 11 heavy (non-hydrogen) atoms. The van der Waals surface area contributed by atoms with Crippen molar-refractivity contribution in [2.75, 3.05) is 5.73 Å². The summed E-state index contributed by atoms with van der Waals surface area (Å²) in [4.78, 5) is 11.0. The molecule has 4 heteroatoms. The number of rotatable bonds is 0. The van der Waals surface area contributed by atoms with Crippen LogP contribution < -0.4 is 5.73 Å². The van der Waals surface area contributed by atoms with Gasteiger partial charge in [-0.3, -0.25) is 0 Å². The Morgan fingerprint density at radius 3 is 3.09 bits per heavy atom. The number of anilines is 1. The number of nitrogens with one attached hydrogen (secondary N) is 1. The highest BCUT2D eigenvalue weighted by atomic mass is 14.9. The summed E-state index contributed by atoms with van der Waals surface area (Å²) >= 11 is 0. The summed E-state index contributed by atoms with van der Waals surface area (Å²) in [5, 5.41) is 0. The van der Waals surface area contributed by atoms with Gasteiger partial charge in [0, 0.05) is 5.56 Å². The Balaban J connectivity index is 2.93. The van der Waals surface area contributed by atoms with Crippen LogP contribution in [-0.4, -0.2) is 15.0 Å². The molecular weight excluding hydrogens is 140 g/mol. The lowest BCUT2D eigenvalue weighted by atomic mass is 10.2. The number of hydrogen-bond donors (Lipinski definition) is 2. The first-order valence-corrected chi connectivity index (χ1v) is 3.33. The zero-order valence-corrected chi connectivity index (χ0v) is 6.13. The van der Waals surface area contributed by atoms with Crippen LogP contribution in [0, 0.1) is 6.92 Å². The number of imidazole rings is 1. The Morgan fingerprint density at radius 1 is 1.45 bits per heavy atom.